The first-order chi connectivity index (χ1) is 8.72. The van der Waals surface area contributed by atoms with E-state index in [9.17, 15) is 4.79 Å². The SMILES string of the molecule is CCCC(CCC)C(=O)N1CCN(CCO)CC1. The first-order valence-electron chi connectivity index (χ1n) is 7.34. The highest BCUT2D eigenvalue weighted by Gasteiger charge is 2.26. The monoisotopic (exact) mass is 256 g/mol. The average Bonchev–Trinajstić information content (AvgIpc) is 2.39. The molecule has 106 valence electrons. The first-order valence-corrected chi connectivity index (χ1v) is 7.34. The van der Waals surface area contributed by atoms with Gasteiger partial charge >= 0.3 is 0 Å². The van der Waals surface area contributed by atoms with Crippen LogP contribution < -0.4 is 0 Å². The van der Waals surface area contributed by atoms with Crippen molar-refractivity contribution in [2.24, 2.45) is 5.92 Å². The Bertz CT molecular complexity index is 232. The van der Waals surface area contributed by atoms with E-state index in [4.69, 9.17) is 5.11 Å². The Morgan fingerprint density at radius 2 is 1.67 bits per heavy atom. The normalized spacial score (nSPS) is 17.4. The van der Waals surface area contributed by atoms with E-state index >= 15 is 0 Å². The van der Waals surface area contributed by atoms with E-state index in [-0.39, 0.29) is 12.5 Å². The molecule has 0 radical (unpaired) electrons. The summed E-state index contributed by atoms with van der Waals surface area (Å²) in [6.45, 7) is 8.68. The minimum Gasteiger partial charge on any atom is -0.395 e. The van der Waals surface area contributed by atoms with Crippen LogP contribution in [0.3, 0.4) is 0 Å². The number of amides is 1. The fourth-order valence-electron chi connectivity index (χ4n) is 2.68. The Labute approximate surface area is 111 Å². The van der Waals surface area contributed by atoms with Crippen LogP contribution in [-0.2, 0) is 4.79 Å². The second kappa shape index (κ2) is 8.48. The van der Waals surface area contributed by atoms with Gasteiger partial charge in [0.1, 0.15) is 0 Å². The van der Waals surface area contributed by atoms with Gasteiger partial charge in [0.2, 0.25) is 5.91 Å². The highest BCUT2D eigenvalue weighted by molar-refractivity contribution is 5.78. The van der Waals surface area contributed by atoms with E-state index in [1.54, 1.807) is 0 Å². The van der Waals surface area contributed by atoms with Crippen molar-refractivity contribution < 1.29 is 9.90 Å². The predicted octanol–water partition coefficient (Wildman–Crippen LogP) is 1.34. The average molecular weight is 256 g/mol. The molecule has 0 aromatic rings. The van der Waals surface area contributed by atoms with E-state index in [1.807, 2.05) is 4.90 Å². The Morgan fingerprint density at radius 3 is 2.11 bits per heavy atom. The molecule has 1 aliphatic heterocycles. The molecule has 0 spiro atoms. The molecule has 1 saturated heterocycles. The number of hydrogen-bond acceptors (Lipinski definition) is 3. The van der Waals surface area contributed by atoms with Gasteiger partial charge in [0.05, 0.1) is 6.61 Å². The van der Waals surface area contributed by atoms with Gasteiger partial charge in [-0.3, -0.25) is 9.69 Å². The second-order valence-electron chi connectivity index (χ2n) is 5.16. The molecule has 0 bridgehead atoms. The zero-order chi connectivity index (χ0) is 13.4. The number of carbonyl (C=O) groups excluding carboxylic acids is 1. The Balaban J connectivity index is 2.41. The lowest BCUT2D eigenvalue weighted by molar-refractivity contribution is -0.137. The molecule has 1 heterocycles. The van der Waals surface area contributed by atoms with Crippen molar-refractivity contribution in [1.82, 2.24) is 9.80 Å². The molecule has 0 aliphatic carbocycles. The summed E-state index contributed by atoms with van der Waals surface area (Å²) in [7, 11) is 0. The van der Waals surface area contributed by atoms with Crippen LogP contribution in [0, 0.1) is 5.92 Å². The van der Waals surface area contributed by atoms with Gasteiger partial charge in [0.25, 0.3) is 0 Å². The lowest BCUT2D eigenvalue weighted by Crippen LogP contribution is -2.50. The molecule has 0 saturated carbocycles. The van der Waals surface area contributed by atoms with Gasteiger partial charge in [-0.05, 0) is 12.8 Å². The van der Waals surface area contributed by atoms with Crippen molar-refractivity contribution in [2.75, 3.05) is 39.3 Å². The van der Waals surface area contributed by atoms with Crippen LogP contribution in [0.2, 0.25) is 0 Å². The summed E-state index contributed by atoms with van der Waals surface area (Å²) in [4.78, 5) is 16.6. The van der Waals surface area contributed by atoms with Gasteiger partial charge in [0.15, 0.2) is 0 Å². The maximum Gasteiger partial charge on any atom is 0.225 e. The predicted molar refractivity (Wildman–Crippen MR) is 73.4 cm³/mol. The number of nitrogens with zero attached hydrogens (tertiary/aromatic N) is 2. The Morgan fingerprint density at radius 1 is 1.11 bits per heavy atom. The number of rotatable bonds is 7. The van der Waals surface area contributed by atoms with E-state index in [2.05, 4.69) is 18.7 Å². The minimum atomic E-state index is 0.211. The summed E-state index contributed by atoms with van der Waals surface area (Å²) in [6.07, 6.45) is 4.20. The summed E-state index contributed by atoms with van der Waals surface area (Å²) >= 11 is 0. The third-order valence-electron chi connectivity index (χ3n) is 3.72. The highest BCUT2D eigenvalue weighted by atomic mass is 16.3. The van der Waals surface area contributed by atoms with Crippen LogP contribution in [0.1, 0.15) is 39.5 Å². The fourth-order valence-corrected chi connectivity index (χ4v) is 2.68. The summed E-state index contributed by atoms with van der Waals surface area (Å²) in [6, 6.07) is 0. The molecule has 0 atom stereocenters. The molecular formula is C14H28N2O2. The zero-order valence-corrected chi connectivity index (χ0v) is 11.9. The van der Waals surface area contributed by atoms with Crippen LogP contribution in [0.5, 0.6) is 0 Å². The maximum atomic E-state index is 12.4. The van der Waals surface area contributed by atoms with Crippen molar-refractivity contribution in [3.63, 3.8) is 0 Å². The van der Waals surface area contributed by atoms with Crippen LogP contribution >= 0.6 is 0 Å². The van der Waals surface area contributed by atoms with Crippen LogP contribution in [0.4, 0.5) is 0 Å². The molecule has 18 heavy (non-hydrogen) atoms. The smallest absolute Gasteiger partial charge is 0.225 e. The maximum absolute atomic E-state index is 12.4. The topological polar surface area (TPSA) is 43.8 Å². The summed E-state index contributed by atoms with van der Waals surface area (Å²) in [5, 5.41) is 8.90. The van der Waals surface area contributed by atoms with Gasteiger partial charge in [-0.1, -0.05) is 26.7 Å². The second-order valence-corrected chi connectivity index (χ2v) is 5.16. The first kappa shape index (κ1) is 15.4. The number of aliphatic hydroxyl groups excluding tert-OH is 1. The van der Waals surface area contributed by atoms with Crippen molar-refractivity contribution >= 4 is 5.91 Å². The molecule has 1 fully saturated rings. The lowest BCUT2D eigenvalue weighted by Gasteiger charge is -2.36. The van der Waals surface area contributed by atoms with Crippen molar-refractivity contribution in [1.29, 1.82) is 0 Å². The fraction of sp³-hybridized carbons (Fsp3) is 0.929. The van der Waals surface area contributed by atoms with Crippen LogP contribution in [0.25, 0.3) is 0 Å². The summed E-state index contributed by atoms with van der Waals surface area (Å²) < 4.78 is 0. The molecule has 4 nitrogen and oxygen atoms in total. The standard InChI is InChI=1S/C14H28N2O2/c1-3-5-13(6-4-2)14(18)16-9-7-15(8-10-16)11-12-17/h13,17H,3-12H2,1-2H3. The molecular weight excluding hydrogens is 228 g/mol. The molecule has 0 aromatic carbocycles. The molecule has 1 N–H and O–H groups in total. The van der Waals surface area contributed by atoms with Gasteiger partial charge in [-0.15, -0.1) is 0 Å². The number of carbonyl (C=O) groups is 1. The molecule has 1 amide bonds. The molecule has 4 heteroatoms. The van der Waals surface area contributed by atoms with Crippen molar-refractivity contribution in [3.8, 4) is 0 Å². The number of hydrogen-bond donors (Lipinski definition) is 1. The van der Waals surface area contributed by atoms with Crippen LogP contribution in [0.15, 0.2) is 0 Å². The third-order valence-corrected chi connectivity index (χ3v) is 3.72. The quantitative estimate of drug-likeness (QED) is 0.747. The highest BCUT2D eigenvalue weighted by Crippen LogP contribution is 2.17. The van der Waals surface area contributed by atoms with Crippen LogP contribution in [-0.4, -0.2) is 60.1 Å². The number of aliphatic hydroxyl groups is 1. The van der Waals surface area contributed by atoms with E-state index in [0.717, 1.165) is 58.4 Å². The molecule has 1 aliphatic rings. The number of β-amino-alcohol motifs (C(OH)–C–C–N with tert-alkyl or cyclic N) is 1. The third kappa shape index (κ3) is 4.58. The van der Waals surface area contributed by atoms with Gasteiger partial charge in [0, 0.05) is 38.6 Å². The van der Waals surface area contributed by atoms with E-state index in [0.29, 0.717) is 5.91 Å². The Hall–Kier alpha value is -0.610. The number of piperazine rings is 1. The van der Waals surface area contributed by atoms with E-state index in [1.165, 1.54) is 0 Å². The molecule has 1 rings (SSSR count). The lowest BCUT2D eigenvalue weighted by atomic mass is 9.96. The van der Waals surface area contributed by atoms with E-state index < -0.39 is 0 Å². The van der Waals surface area contributed by atoms with Gasteiger partial charge in [-0.25, -0.2) is 0 Å². The largest absolute Gasteiger partial charge is 0.395 e. The van der Waals surface area contributed by atoms with Gasteiger partial charge in [-0.2, -0.15) is 0 Å². The molecule has 0 unspecified atom stereocenters. The van der Waals surface area contributed by atoms with Gasteiger partial charge < -0.3 is 10.0 Å². The van der Waals surface area contributed by atoms with Crippen molar-refractivity contribution in [2.45, 2.75) is 39.5 Å². The molecule has 0 aromatic heterocycles. The summed E-state index contributed by atoms with van der Waals surface area (Å²) in [5.41, 5.74) is 0. The van der Waals surface area contributed by atoms with Crippen molar-refractivity contribution in [3.05, 3.63) is 0 Å². The minimum absolute atomic E-state index is 0.211. The zero-order valence-electron chi connectivity index (χ0n) is 11.9. The Kier molecular flexibility index (Phi) is 7.28. The summed E-state index contributed by atoms with van der Waals surface area (Å²) in [5.74, 6) is 0.576.